The summed E-state index contributed by atoms with van der Waals surface area (Å²) in [6, 6.07) is 8.01. The number of nitrogens with zero attached hydrogens (tertiary/aromatic N) is 2. The van der Waals surface area contributed by atoms with Gasteiger partial charge in [-0.05, 0) is 23.8 Å². The van der Waals surface area contributed by atoms with Crippen LogP contribution in [-0.4, -0.2) is 9.97 Å². The van der Waals surface area contributed by atoms with Gasteiger partial charge in [-0.3, -0.25) is 0 Å². The van der Waals surface area contributed by atoms with Crippen LogP contribution in [0.4, 0.5) is 0 Å². The second-order valence-corrected chi connectivity index (χ2v) is 3.95. The van der Waals surface area contributed by atoms with Crippen LogP contribution in [0.1, 0.15) is 11.4 Å². The zero-order valence-corrected chi connectivity index (χ0v) is 8.01. The second-order valence-electron chi connectivity index (χ2n) is 3.95. The minimum atomic E-state index is 0.535. The minimum absolute atomic E-state index is 0.535. The number of benzene rings is 1. The average molecular weight is 192 g/mol. The van der Waals surface area contributed by atoms with Gasteiger partial charge in [0.1, 0.15) is 0 Å². The summed E-state index contributed by atoms with van der Waals surface area (Å²) in [5.41, 5.74) is 5.37. The van der Waals surface area contributed by atoms with E-state index in [2.05, 4.69) is 28.2 Å². The van der Waals surface area contributed by atoms with Crippen LogP contribution in [-0.2, 0) is 0 Å². The molecule has 0 saturated carbocycles. The van der Waals surface area contributed by atoms with Crippen molar-refractivity contribution >= 4 is 22.7 Å². The summed E-state index contributed by atoms with van der Waals surface area (Å²) >= 11 is 0. The number of allylic oxidation sites excluding steroid dienone is 3. The summed E-state index contributed by atoms with van der Waals surface area (Å²) in [6.45, 7) is 0. The molecule has 0 N–H and O–H groups in total. The molecule has 1 aromatic carbocycles. The molecule has 4 rings (SSSR count). The van der Waals surface area contributed by atoms with Crippen molar-refractivity contribution in [2.45, 2.75) is 0 Å². The fourth-order valence-corrected chi connectivity index (χ4v) is 2.08. The number of hydrogen-bond donors (Lipinski definition) is 0. The highest BCUT2D eigenvalue weighted by atomic mass is 14.8. The molecule has 0 amide bonds. The number of fused-ring (bicyclic) bond motifs is 4. The van der Waals surface area contributed by atoms with E-state index >= 15 is 0 Å². The first-order valence-electron chi connectivity index (χ1n) is 5.09. The fraction of sp³-hybridized carbons (Fsp3) is 0.0769. The molecule has 1 atom stereocenters. The van der Waals surface area contributed by atoms with E-state index in [0.717, 1.165) is 22.4 Å². The van der Waals surface area contributed by atoms with Gasteiger partial charge in [0.25, 0.3) is 0 Å². The van der Waals surface area contributed by atoms with Crippen molar-refractivity contribution in [3.63, 3.8) is 0 Å². The normalized spacial score (nSPS) is 20.8. The number of hydrogen-bond acceptors (Lipinski definition) is 2. The highest BCUT2D eigenvalue weighted by molar-refractivity contribution is 5.91. The van der Waals surface area contributed by atoms with Crippen molar-refractivity contribution in [2.24, 2.45) is 5.92 Å². The van der Waals surface area contributed by atoms with Gasteiger partial charge in [-0.2, -0.15) is 0 Å². The monoisotopic (exact) mass is 192 g/mol. The maximum atomic E-state index is 4.66. The Labute approximate surface area is 87.0 Å². The van der Waals surface area contributed by atoms with Gasteiger partial charge < -0.3 is 0 Å². The average Bonchev–Trinajstić information content (AvgIpc) is 3.06. The summed E-state index contributed by atoms with van der Waals surface area (Å²) in [7, 11) is 0. The molecule has 0 radical (unpaired) electrons. The molecule has 0 saturated heterocycles. The molecule has 0 spiro atoms. The van der Waals surface area contributed by atoms with E-state index in [1.165, 1.54) is 5.57 Å². The predicted octanol–water partition coefficient (Wildman–Crippen LogP) is 2.67. The summed E-state index contributed by atoms with van der Waals surface area (Å²) in [6.07, 6.45) is 6.49. The van der Waals surface area contributed by atoms with Crippen molar-refractivity contribution < 1.29 is 0 Å². The molecule has 2 nitrogen and oxygen atoms in total. The van der Waals surface area contributed by atoms with Crippen molar-refractivity contribution in [1.82, 2.24) is 9.97 Å². The van der Waals surface area contributed by atoms with Crippen LogP contribution in [0.25, 0.3) is 22.7 Å². The van der Waals surface area contributed by atoms with E-state index in [9.17, 15) is 0 Å². The molecule has 2 heteroatoms. The lowest BCUT2D eigenvalue weighted by atomic mass is 10.1. The Balaban J connectivity index is 2.11. The molecule has 2 aromatic rings. The van der Waals surface area contributed by atoms with Crippen molar-refractivity contribution in [2.75, 3.05) is 0 Å². The van der Waals surface area contributed by atoms with E-state index < -0.39 is 0 Å². The van der Waals surface area contributed by atoms with Gasteiger partial charge in [-0.25, -0.2) is 9.97 Å². The molecule has 0 fully saturated rings. The third kappa shape index (κ3) is 0.934. The lowest BCUT2D eigenvalue weighted by Gasteiger charge is -2.08. The Morgan fingerprint density at radius 1 is 1.00 bits per heavy atom. The summed E-state index contributed by atoms with van der Waals surface area (Å²) in [5, 5.41) is 0. The second kappa shape index (κ2) is 2.34. The first-order chi connectivity index (χ1) is 7.42. The zero-order chi connectivity index (χ0) is 9.83. The maximum Gasteiger partial charge on any atom is 0.0932 e. The largest absolute Gasteiger partial charge is 0.245 e. The van der Waals surface area contributed by atoms with Gasteiger partial charge in [-0.1, -0.05) is 24.3 Å². The molecule has 0 bridgehead atoms. The van der Waals surface area contributed by atoms with Crippen LogP contribution in [0.15, 0.2) is 36.4 Å². The number of aromatic nitrogens is 2. The smallest absolute Gasteiger partial charge is 0.0932 e. The molecule has 1 heterocycles. The topological polar surface area (TPSA) is 25.8 Å². The van der Waals surface area contributed by atoms with Crippen LogP contribution in [0.2, 0.25) is 0 Å². The summed E-state index contributed by atoms with van der Waals surface area (Å²) < 4.78 is 0. The minimum Gasteiger partial charge on any atom is -0.245 e. The zero-order valence-electron chi connectivity index (χ0n) is 8.01. The molecular formula is C13H8N2. The Morgan fingerprint density at radius 3 is 2.67 bits per heavy atom. The highest BCUT2D eigenvalue weighted by Gasteiger charge is 2.30. The Morgan fingerprint density at radius 2 is 1.80 bits per heavy atom. The van der Waals surface area contributed by atoms with Crippen LogP contribution in [0, 0.1) is 5.92 Å². The van der Waals surface area contributed by atoms with Crippen molar-refractivity contribution in [1.29, 1.82) is 0 Å². The molecular weight excluding hydrogens is 184 g/mol. The quantitative estimate of drug-likeness (QED) is 0.641. The standard InChI is InChI=1S/C13H8N2/c1-2-4-11-10(3-1)14-12-6-5-8-7-9(8)13(12)15-11/h1-8H. The van der Waals surface area contributed by atoms with Gasteiger partial charge >= 0.3 is 0 Å². The fourth-order valence-electron chi connectivity index (χ4n) is 2.08. The lowest BCUT2D eigenvalue weighted by Crippen LogP contribution is -1.98. The predicted molar refractivity (Wildman–Crippen MR) is 60.0 cm³/mol. The molecule has 1 aromatic heterocycles. The maximum absolute atomic E-state index is 4.66. The molecule has 1 unspecified atom stereocenters. The summed E-state index contributed by atoms with van der Waals surface area (Å²) in [5.74, 6) is 0.535. The van der Waals surface area contributed by atoms with Gasteiger partial charge in [0.05, 0.1) is 22.4 Å². The van der Waals surface area contributed by atoms with E-state index in [1.54, 1.807) is 0 Å². The van der Waals surface area contributed by atoms with Gasteiger partial charge in [0, 0.05) is 5.92 Å². The third-order valence-electron chi connectivity index (χ3n) is 2.94. The van der Waals surface area contributed by atoms with Gasteiger partial charge in [-0.15, -0.1) is 0 Å². The van der Waals surface area contributed by atoms with Crippen LogP contribution < -0.4 is 0 Å². The van der Waals surface area contributed by atoms with E-state index in [0.29, 0.717) is 5.92 Å². The van der Waals surface area contributed by atoms with E-state index in [4.69, 9.17) is 0 Å². The van der Waals surface area contributed by atoms with Crippen molar-refractivity contribution in [3.8, 4) is 0 Å². The molecule has 2 aliphatic carbocycles. The van der Waals surface area contributed by atoms with Crippen LogP contribution in [0.3, 0.4) is 0 Å². The van der Waals surface area contributed by atoms with Gasteiger partial charge in [0.15, 0.2) is 0 Å². The number of para-hydroxylation sites is 2. The van der Waals surface area contributed by atoms with E-state index in [1.807, 2.05) is 24.3 Å². The Kier molecular flexibility index (Phi) is 1.15. The van der Waals surface area contributed by atoms with Crippen molar-refractivity contribution in [3.05, 3.63) is 47.8 Å². The molecule has 15 heavy (non-hydrogen) atoms. The molecule has 70 valence electrons. The SMILES string of the molecule is C1=CC2C=C2c2nc3ccccc3nc21. The van der Waals surface area contributed by atoms with Crippen LogP contribution >= 0.6 is 0 Å². The van der Waals surface area contributed by atoms with Crippen LogP contribution in [0.5, 0.6) is 0 Å². The first-order valence-corrected chi connectivity index (χ1v) is 5.09. The Bertz CT molecular complexity index is 638. The highest BCUT2D eigenvalue weighted by Crippen LogP contribution is 2.43. The molecule has 0 aliphatic heterocycles. The first kappa shape index (κ1) is 7.35. The van der Waals surface area contributed by atoms with E-state index in [-0.39, 0.29) is 0 Å². The third-order valence-corrected chi connectivity index (χ3v) is 2.94. The summed E-state index contributed by atoms with van der Waals surface area (Å²) in [4.78, 5) is 9.26. The molecule has 2 aliphatic rings. The lowest BCUT2D eigenvalue weighted by molar-refractivity contribution is 1.16. The Hall–Kier alpha value is -1.96. The van der Waals surface area contributed by atoms with Gasteiger partial charge in [0.2, 0.25) is 0 Å². The number of rotatable bonds is 0.